The van der Waals surface area contributed by atoms with Crippen molar-refractivity contribution < 1.29 is 4.79 Å². The summed E-state index contributed by atoms with van der Waals surface area (Å²) < 4.78 is 1.29. The molecule has 2 heterocycles. The van der Waals surface area contributed by atoms with E-state index >= 15 is 0 Å². The molecule has 1 amide bonds. The van der Waals surface area contributed by atoms with E-state index in [0.29, 0.717) is 16.0 Å². The molecule has 0 unspecified atom stereocenters. The van der Waals surface area contributed by atoms with Gasteiger partial charge in [-0.2, -0.15) is 0 Å². The van der Waals surface area contributed by atoms with Gasteiger partial charge >= 0.3 is 0 Å². The molecule has 8 heteroatoms. The van der Waals surface area contributed by atoms with Gasteiger partial charge in [-0.3, -0.25) is 19.5 Å². The van der Waals surface area contributed by atoms with Gasteiger partial charge in [0.2, 0.25) is 11.0 Å². The summed E-state index contributed by atoms with van der Waals surface area (Å²) >= 11 is 1.34. The molecule has 7 nitrogen and oxygen atoms in total. The largest absolute Gasteiger partial charge is 0.299 e. The molecule has 0 bridgehead atoms. The number of fused-ring (bicyclic) bond motifs is 1. The molecular formula is C20H17N5O2S. The zero-order chi connectivity index (χ0) is 19.3. The second kappa shape index (κ2) is 8.10. The number of nitrogens with one attached hydrogen (secondary N) is 1. The van der Waals surface area contributed by atoms with Crippen molar-refractivity contribution >= 4 is 33.3 Å². The van der Waals surface area contributed by atoms with Crippen molar-refractivity contribution in [2.75, 3.05) is 5.32 Å². The molecule has 0 fully saturated rings. The lowest BCUT2D eigenvalue weighted by Crippen LogP contribution is -2.27. The van der Waals surface area contributed by atoms with E-state index in [2.05, 4.69) is 32.6 Å². The highest BCUT2D eigenvalue weighted by atomic mass is 32.1. The average molecular weight is 391 g/mol. The standard InChI is InChI=1S/C20H17N5O2S/c26-17(12-25-13-21-16-9-5-4-8-15(16)19(25)27)22-20-24-23-18(28-20)11-10-14-6-2-1-3-7-14/h1-9,13H,10-12H2,(H,22,24,26). The third-order valence-corrected chi connectivity index (χ3v) is 5.13. The van der Waals surface area contributed by atoms with E-state index in [9.17, 15) is 9.59 Å². The fraction of sp³-hybridized carbons (Fsp3) is 0.150. The summed E-state index contributed by atoms with van der Waals surface area (Å²) in [6, 6.07) is 17.2. The highest BCUT2D eigenvalue weighted by Crippen LogP contribution is 2.17. The van der Waals surface area contributed by atoms with Gasteiger partial charge in [-0.15, -0.1) is 10.2 Å². The van der Waals surface area contributed by atoms with Crippen molar-refractivity contribution in [1.82, 2.24) is 19.7 Å². The quantitative estimate of drug-likeness (QED) is 0.546. The lowest BCUT2D eigenvalue weighted by molar-refractivity contribution is -0.116. The minimum absolute atomic E-state index is 0.129. The maximum atomic E-state index is 12.5. The highest BCUT2D eigenvalue weighted by molar-refractivity contribution is 7.15. The number of aryl methyl sites for hydroxylation is 2. The fourth-order valence-electron chi connectivity index (χ4n) is 2.83. The van der Waals surface area contributed by atoms with Gasteiger partial charge in [-0.05, 0) is 24.1 Å². The number of rotatable bonds is 6. The lowest BCUT2D eigenvalue weighted by Gasteiger charge is -2.05. The van der Waals surface area contributed by atoms with Gasteiger partial charge in [0, 0.05) is 6.42 Å². The summed E-state index contributed by atoms with van der Waals surface area (Å²) in [4.78, 5) is 29.0. The summed E-state index contributed by atoms with van der Waals surface area (Å²) in [6.07, 6.45) is 3.00. The third-order valence-electron chi connectivity index (χ3n) is 4.23. The zero-order valence-corrected chi connectivity index (χ0v) is 15.7. The Morgan fingerprint density at radius 2 is 1.79 bits per heavy atom. The van der Waals surface area contributed by atoms with Crippen molar-refractivity contribution in [2.45, 2.75) is 19.4 Å². The van der Waals surface area contributed by atoms with E-state index in [1.807, 2.05) is 24.3 Å². The van der Waals surface area contributed by atoms with E-state index in [1.54, 1.807) is 18.2 Å². The van der Waals surface area contributed by atoms with Crippen LogP contribution in [0.5, 0.6) is 0 Å². The predicted molar refractivity (Wildman–Crippen MR) is 108 cm³/mol. The van der Waals surface area contributed by atoms with Crippen molar-refractivity contribution in [3.8, 4) is 0 Å². The Morgan fingerprint density at radius 1 is 1.00 bits per heavy atom. The normalized spacial score (nSPS) is 10.9. The van der Waals surface area contributed by atoms with Crippen LogP contribution in [0.2, 0.25) is 0 Å². The smallest absolute Gasteiger partial charge is 0.261 e. The van der Waals surface area contributed by atoms with Crippen LogP contribution in [0, 0.1) is 0 Å². The second-order valence-electron chi connectivity index (χ2n) is 6.23. The van der Waals surface area contributed by atoms with Crippen LogP contribution in [0.15, 0.2) is 65.7 Å². The summed E-state index contributed by atoms with van der Waals surface area (Å²) in [5, 5.41) is 12.6. The van der Waals surface area contributed by atoms with Crippen LogP contribution in [0.1, 0.15) is 10.6 Å². The number of hydrogen-bond donors (Lipinski definition) is 1. The van der Waals surface area contributed by atoms with Crippen molar-refractivity contribution in [2.24, 2.45) is 0 Å². The first-order valence-corrected chi connectivity index (χ1v) is 9.61. The number of carbonyl (C=O) groups excluding carboxylic acids is 1. The number of nitrogens with zero attached hydrogens (tertiary/aromatic N) is 4. The molecule has 2 aromatic carbocycles. The SMILES string of the molecule is O=C(Cn1cnc2ccccc2c1=O)Nc1nnc(CCc2ccccc2)s1. The van der Waals surface area contributed by atoms with Gasteiger partial charge in [0.15, 0.2) is 0 Å². The Kier molecular flexibility index (Phi) is 5.20. The van der Waals surface area contributed by atoms with E-state index in [4.69, 9.17) is 0 Å². The van der Waals surface area contributed by atoms with Gasteiger partial charge in [0.25, 0.3) is 5.56 Å². The average Bonchev–Trinajstić information content (AvgIpc) is 3.17. The van der Waals surface area contributed by atoms with Crippen molar-refractivity contribution in [3.63, 3.8) is 0 Å². The molecule has 0 atom stereocenters. The molecular weight excluding hydrogens is 374 g/mol. The van der Waals surface area contributed by atoms with E-state index in [-0.39, 0.29) is 18.0 Å². The number of hydrogen-bond acceptors (Lipinski definition) is 6. The first-order chi connectivity index (χ1) is 13.7. The lowest BCUT2D eigenvalue weighted by atomic mass is 10.1. The third kappa shape index (κ3) is 4.12. The van der Waals surface area contributed by atoms with E-state index in [0.717, 1.165) is 17.8 Å². The van der Waals surface area contributed by atoms with Crippen LogP contribution in [-0.2, 0) is 24.2 Å². The van der Waals surface area contributed by atoms with Gasteiger partial charge in [0.05, 0.1) is 17.2 Å². The van der Waals surface area contributed by atoms with Crippen LogP contribution in [0.3, 0.4) is 0 Å². The minimum Gasteiger partial charge on any atom is -0.299 e. The van der Waals surface area contributed by atoms with E-state index < -0.39 is 0 Å². The maximum Gasteiger partial charge on any atom is 0.261 e. The monoisotopic (exact) mass is 391 g/mol. The van der Waals surface area contributed by atoms with Gasteiger partial charge in [0.1, 0.15) is 11.6 Å². The number of anilines is 1. The molecule has 0 aliphatic heterocycles. The highest BCUT2D eigenvalue weighted by Gasteiger charge is 2.11. The van der Waals surface area contributed by atoms with Crippen LogP contribution in [0.25, 0.3) is 10.9 Å². The molecule has 0 aliphatic rings. The molecule has 4 aromatic rings. The number of amides is 1. The first-order valence-electron chi connectivity index (χ1n) is 8.79. The number of para-hydroxylation sites is 1. The Balaban J connectivity index is 1.39. The minimum atomic E-state index is -0.343. The summed E-state index contributed by atoms with van der Waals surface area (Å²) in [6.45, 7) is -0.129. The molecule has 0 saturated heterocycles. The zero-order valence-electron chi connectivity index (χ0n) is 14.9. The van der Waals surface area contributed by atoms with E-state index in [1.165, 1.54) is 27.8 Å². The number of carbonyl (C=O) groups is 1. The predicted octanol–water partition coefficient (Wildman–Crippen LogP) is 2.67. The van der Waals surface area contributed by atoms with Gasteiger partial charge in [-0.25, -0.2) is 4.98 Å². The topological polar surface area (TPSA) is 89.8 Å². The Hall–Kier alpha value is -3.39. The summed E-state index contributed by atoms with van der Waals surface area (Å²) in [5.41, 5.74) is 1.59. The first kappa shape index (κ1) is 18.0. The molecule has 140 valence electrons. The second-order valence-corrected chi connectivity index (χ2v) is 7.29. The van der Waals surface area contributed by atoms with Crippen LogP contribution < -0.4 is 10.9 Å². The Morgan fingerprint density at radius 3 is 2.64 bits per heavy atom. The number of aromatic nitrogens is 4. The number of benzene rings is 2. The van der Waals surface area contributed by atoms with Crippen molar-refractivity contribution in [3.05, 3.63) is 81.8 Å². The molecule has 0 saturated carbocycles. The molecule has 0 aliphatic carbocycles. The maximum absolute atomic E-state index is 12.5. The van der Waals surface area contributed by atoms with Crippen LogP contribution in [0.4, 0.5) is 5.13 Å². The molecule has 2 aromatic heterocycles. The van der Waals surface area contributed by atoms with Crippen LogP contribution >= 0.6 is 11.3 Å². The molecule has 0 radical (unpaired) electrons. The van der Waals surface area contributed by atoms with Gasteiger partial charge < -0.3 is 0 Å². The molecule has 28 heavy (non-hydrogen) atoms. The Labute approximate surface area is 164 Å². The summed E-state index contributed by atoms with van der Waals surface area (Å²) in [7, 11) is 0. The van der Waals surface area contributed by atoms with Gasteiger partial charge in [-0.1, -0.05) is 53.8 Å². The summed E-state index contributed by atoms with van der Waals surface area (Å²) in [5.74, 6) is -0.343. The fourth-order valence-corrected chi connectivity index (χ4v) is 3.59. The molecule has 1 N–H and O–H groups in total. The van der Waals surface area contributed by atoms with Crippen LogP contribution in [-0.4, -0.2) is 25.7 Å². The molecule has 0 spiro atoms. The Bertz CT molecular complexity index is 1170. The van der Waals surface area contributed by atoms with Crippen molar-refractivity contribution in [1.29, 1.82) is 0 Å². The molecule has 4 rings (SSSR count).